The topological polar surface area (TPSA) is 63.6 Å². The van der Waals surface area contributed by atoms with Crippen molar-refractivity contribution in [3.8, 4) is 0 Å². The first-order valence-corrected chi connectivity index (χ1v) is 9.94. The summed E-state index contributed by atoms with van der Waals surface area (Å²) in [6.45, 7) is 4.43. The van der Waals surface area contributed by atoms with Crippen LogP contribution in [0.5, 0.6) is 0 Å². The number of hydrogen-bond acceptors (Lipinski definition) is 3. The first kappa shape index (κ1) is 20.9. The van der Waals surface area contributed by atoms with E-state index >= 15 is 0 Å². The zero-order valence-corrected chi connectivity index (χ0v) is 14.7. The zero-order chi connectivity index (χ0) is 16.0. The van der Waals surface area contributed by atoms with Gasteiger partial charge in [-0.1, -0.05) is 84.5 Å². The van der Waals surface area contributed by atoms with Crippen LogP contribution in [0, 0.1) is 5.92 Å². The van der Waals surface area contributed by atoms with Gasteiger partial charge in [0.1, 0.15) is 0 Å². The molecule has 1 atom stereocenters. The molecule has 0 aromatic rings. The lowest BCUT2D eigenvalue weighted by Crippen LogP contribution is -2.08. The molecule has 0 fully saturated rings. The van der Waals surface area contributed by atoms with Crippen molar-refractivity contribution in [3.63, 3.8) is 0 Å². The zero-order valence-electron chi connectivity index (χ0n) is 13.8. The summed E-state index contributed by atoms with van der Waals surface area (Å²) in [5.41, 5.74) is 0. The van der Waals surface area contributed by atoms with E-state index in [1.165, 1.54) is 64.2 Å². The summed E-state index contributed by atoms with van der Waals surface area (Å²) in [5, 5.41) is 0. The van der Waals surface area contributed by atoms with Crippen molar-refractivity contribution >= 4 is 10.4 Å². The van der Waals surface area contributed by atoms with Crippen LogP contribution in [0.1, 0.15) is 90.9 Å². The van der Waals surface area contributed by atoms with Crippen molar-refractivity contribution in [2.24, 2.45) is 5.92 Å². The number of hydrogen-bond donors (Lipinski definition) is 1. The van der Waals surface area contributed by atoms with E-state index in [1.54, 1.807) is 0 Å². The van der Waals surface area contributed by atoms with Gasteiger partial charge in [0.2, 0.25) is 0 Å². The number of rotatable bonds is 15. The van der Waals surface area contributed by atoms with Crippen molar-refractivity contribution < 1.29 is 17.2 Å². The monoisotopic (exact) mass is 322 g/mol. The molecule has 0 aliphatic rings. The van der Waals surface area contributed by atoms with Gasteiger partial charge in [-0.2, -0.15) is 8.42 Å². The minimum absolute atomic E-state index is 0.0811. The van der Waals surface area contributed by atoms with E-state index in [9.17, 15) is 8.42 Å². The van der Waals surface area contributed by atoms with Gasteiger partial charge in [0.05, 0.1) is 6.61 Å². The number of unbranched alkanes of at least 4 members (excludes halogenated alkanes) is 9. The van der Waals surface area contributed by atoms with Crippen LogP contribution in [-0.4, -0.2) is 19.6 Å². The van der Waals surface area contributed by atoms with Gasteiger partial charge >= 0.3 is 10.4 Å². The molecule has 0 rings (SSSR count). The second-order valence-electron chi connectivity index (χ2n) is 6.11. The van der Waals surface area contributed by atoms with E-state index in [1.807, 2.05) is 0 Å². The van der Waals surface area contributed by atoms with E-state index in [0.29, 0.717) is 12.3 Å². The van der Waals surface area contributed by atoms with Crippen molar-refractivity contribution in [2.45, 2.75) is 90.9 Å². The lowest BCUT2D eigenvalue weighted by Gasteiger charge is -2.10. The summed E-state index contributed by atoms with van der Waals surface area (Å²) in [5.74, 6) is 0.445. The maximum Gasteiger partial charge on any atom is 0.397 e. The fourth-order valence-electron chi connectivity index (χ4n) is 2.48. The quantitative estimate of drug-likeness (QED) is 0.335. The smallest absolute Gasteiger partial charge is 0.264 e. The average molecular weight is 323 g/mol. The minimum atomic E-state index is -4.26. The molecule has 1 N–H and O–H groups in total. The van der Waals surface area contributed by atoms with Crippen LogP contribution in [0.3, 0.4) is 0 Å². The van der Waals surface area contributed by atoms with E-state index in [4.69, 9.17) is 4.55 Å². The lowest BCUT2D eigenvalue weighted by atomic mass is 9.99. The molecule has 1 unspecified atom stereocenters. The normalized spacial score (nSPS) is 13.5. The van der Waals surface area contributed by atoms with Crippen LogP contribution in [0.2, 0.25) is 0 Å². The largest absolute Gasteiger partial charge is 0.397 e. The van der Waals surface area contributed by atoms with Crippen molar-refractivity contribution in [3.05, 3.63) is 0 Å². The highest BCUT2D eigenvalue weighted by atomic mass is 32.3. The predicted molar refractivity (Wildman–Crippen MR) is 87.7 cm³/mol. The predicted octanol–water partition coefficient (Wildman–Crippen LogP) is 5.14. The van der Waals surface area contributed by atoms with Gasteiger partial charge < -0.3 is 0 Å². The highest BCUT2D eigenvalue weighted by Gasteiger charge is 2.07. The molecule has 0 aromatic carbocycles. The van der Waals surface area contributed by atoms with Gasteiger partial charge in [0.15, 0.2) is 0 Å². The van der Waals surface area contributed by atoms with Crippen molar-refractivity contribution in [2.75, 3.05) is 6.61 Å². The molecule has 0 aliphatic carbocycles. The Morgan fingerprint density at radius 2 is 1.33 bits per heavy atom. The fraction of sp³-hybridized carbons (Fsp3) is 1.00. The standard InChI is InChI=1S/C16H34O4S/c1-3-4-5-6-7-8-9-10-11-12-13-16(2)14-15-20-21(17,18)19/h16H,3-15H2,1-2H3,(H,17,18,19). The molecule has 0 saturated carbocycles. The van der Waals surface area contributed by atoms with Crippen LogP contribution >= 0.6 is 0 Å². The average Bonchev–Trinajstić information content (AvgIpc) is 2.39. The molecule has 5 heteroatoms. The summed E-state index contributed by atoms with van der Waals surface area (Å²) in [6.07, 6.45) is 15.1. The Balaban J connectivity index is 3.23. The van der Waals surface area contributed by atoms with Gasteiger partial charge in [0.25, 0.3) is 0 Å². The van der Waals surface area contributed by atoms with Crippen LogP contribution < -0.4 is 0 Å². The molecular formula is C16H34O4S. The molecule has 21 heavy (non-hydrogen) atoms. The maximum atomic E-state index is 10.4. The molecule has 0 radical (unpaired) electrons. The Bertz CT molecular complexity index is 314. The summed E-state index contributed by atoms with van der Waals surface area (Å²) >= 11 is 0. The molecule has 0 heterocycles. The molecule has 0 spiro atoms. The Morgan fingerprint density at radius 3 is 1.81 bits per heavy atom. The lowest BCUT2D eigenvalue weighted by molar-refractivity contribution is 0.245. The Kier molecular flexibility index (Phi) is 13.4. The van der Waals surface area contributed by atoms with Gasteiger partial charge in [0, 0.05) is 0 Å². The van der Waals surface area contributed by atoms with Crippen LogP contribution in [0.25, 0.3) is 0 Å². The second-order valence-corrected chi connectivity index (χ2v) is 7.21. The van der Waals surface area contributed by atoms with E-state index in [2.05, 4.69) is 18.0 Å². The first-order valence-electron chi connectivity index (χ1n) is 8.57. The van der Waals surface area contributed by atoms with Gasteiger partial charge in [-0.25, -0.2) is 4.18 Å². The fourth-order valence-corrected chi connectivity index (χ4v) is 2.79. The molecule has 0 bridgehead atoms. The highest BCUT2D eigenvalue weighted by molar-refractivity contribution is 7.80. The molecule has 0 aliphatic heterocycles. The van der Waals surface area contributed by atoms with E-state index in [0.717, 1.165) is 6.42 Å². The third-order valence-electron chi connectivity index (χ3n) is 3.89. The summed E-state index contributed by atoms with van der Waals surface area (Å²) in [7, 11) is -4.26. The van der Waals surface area contributed by atoms with Crippen molar-refractivity contribution in [1.82, 2.24) is 0 Å². The first-order chi connectivity index (χ1) is 9.95. The highest BCUT2D eigenvalue weighted by Crippen LogP contribution is 2.16. The molecule has 0 saturated heterocycles. The Morgan fingerprint density at radius 1 is 0.857 bits per heavy atom. The van der Waals surface area contributed by atoms with Gasteiger partial charge in [-0.15, -0.1) is 0 Å². The molecule has 0 amide bonds. The second kappa shape index (κ2) is 13.5. The van der Waals surface area contributed by atoms with Crippen LogP contribution in [-0.2, 0) is 14.6 Å². The van der Waals surface area contributed by atoms with Crippen LogP contribution in [0.4, 0.5) is 0 Å². The molecular weight excluding hydrogens is 288 g/mol. The van der Waals surface area contributed by atoms with E-state index in [-0.39, 0.29) is 6.61 Å². The summed E-state index contributed by atoms with van der Waals surface area (Å²) in [6, 6.07) is 0. The third-order valence-corrected chi connectivity index (χ3v) is 4.36. The molecule has 0 aromatic heterocycles. The maximum absolute atomic E-state index is 10.4. The van der Waals surface area contributed by atoms with Gasteiger partial charge in [-0.05, 0) is 12.3 Å². The minimum Gasteiger partial charge on any atom is -0.264 e. The van der Waals surface area contributed by atoms with E-state index < -0.39 is 10.4 Å². The van der Waals surface area contributed by atoms with Crippen molar-refractivity contribution in [1.29, 1.82) is 0 Å². The third kappa shape index (κ3) is 17.8. The SMILES string of the molecule is CCCCCCCCCCCCC(C)CCOS(=O)(=O)O. The summed E-state index contributed by atoms with van der Waals surface area (Å²) < 4.78 is 33.6. The molecule has 4 nitrogen and oxygen atoms in total. The van der Waals surface area contributed by atoms with Gasteiger partial charge in [-0.3, -0.25) is 4.55 Å². The Hall–Kier alpha value is -0.130. The Labute approximate surface area is 131 Å². The van der Waals surface area contributed by atoms with Crippen LogP contribution in [0.15, 0.2) is 0 Å². The molecule has 128 valence electrons. The summed E-state index contributed by atoms with van der Waals surface area (Å²) in [4.78, 5) is 0.